The molecule has 0 fully saturated rings. The molecule has 1 aliphatic rings. The fourth-order valence-corrected chi connectivity index (χ4v) is 4.54. The van der Waals surface area contributed by atoms with Crippen LogP contribution in [-0.2, 0) is 17.6 Å². The minimum absolute atomic E-state index is 0.0482. The lowest BCUT2D eigenvalue weighted by atomic mass is 10.1. The van der Waals surface area contributed by atoms with E-state index in [1.807, 2.05) is 18.2 Å². The third-order valence-corrected chi connectivity index (χ3v) is 6.39. The number of ether oxygens (including phenoxy) is 1. The minimum atomic E-state index is -4.79. The molecule has 0 heterocycles. The van der Waals surface area contributed by atoms with Crippen molar-refractivity contribution in [3.8, 4) is 5.75 Å². The van der Waals surface area contributed by atoms with Crippen molar-refractivity contribution >= 4 is 29.4 Å². The number of urea groups is 1. The number of hydrogen-bond donors (Lipinski definition) is 3. The highest BCUT2D eigenvalue weighted by atomic mass is 32.2. The largest absolute Gasteiger partial charge is 0.573 e. The number of thioether (sulfide) groups is 1. The monoisotopic (exact) mass is 483 g/mol. The number of alkyl halides is 3. The van der Waals surface area contributed by atoms with Crippen LogP contribution < -0.4 is 15.8 Å². The summed E-state index contributed by atoms with van der Waals surface area (Å²) in [7, 11) is 0. The van der Waals surface area contributed by atoms with E-state index >= 15 is 0 Å². The summed E-state index contributed by atoms with van der Waals surface area (Å²) in [5.74, 6) is -1.29. The van der Waals surface area contributed by atoms with Crippen LogP contribution >= 0.6 is 11.8 Å². The van der Waals surface area contributed by atoms with Gasteiger partial charge in [-0.15, -0.1) is 24.9 Å². The van der Waals surface area contributed by atoms with Crippen molar-refractivity contribution in [3.05, 3.63) is 53.6 Å². The van der Waals surface area contributed by atoms with Gasteiger partial charge >= 0.3 is 18.4 Å². The Bertz CT molecular complexity index is 1030. The number of nitrogens with one attached hydrogen (secondary N) is 1. The molecule has 178 valence electrons. The van der Waals surface area contributed by atoms with E-state index in [1.54, 1.807) is 13.8 Å². The van der Waals surface area contributed by atoms with E-state index in [-0.39, 0.29) is 18.5 Å². The molecule has 2 aromatic rings. The molecule has 0 radical (unpaired) electrons. The van der Waals surface area contributed by atoms with Crippen molar-refractivity contribution in [2.75, 3.05) is 12.0 Å². The highest BCUT2D eigenvalue weighted by Crippen LogP contribution is 2.36. The summed E-state index contributed by atoms with van der Waals surface area (Å²) in [4.78, 5) is 26.5. The Hall–Kier alpha value is -2.92. The molecule has 0 unspecified atom stereocenters. The highest BCUT2D eigenvalue weighted by Gasteiger charge is 2.33. The van der Waals surface area contributed by atoms with Crippen LogP contribution in [0.2, 0.25) is 0 Å². The van der Waals surface area contributed by atoms with Crippen molar-refractivity contribution in [2.24, 2.45) is 5.73 Å². The predicted molar refractivity (Wildman–Crippen MR) is 118 cm³/mol. The number of carboxylic acid groups (broad SMARTS) is 1. The van der Waals surface area contributed by atoms with Gasteiger partial charge in [0.25, 0.3) is 0 Å². The molecular formula is C22H24F3N3O4S. The average molecular weight is 484 g/mol. The van der Waals surface area contributed by atoms with Gasteiger partial charge in [0.1, 0.15) is 10.5 Å². The molecule has 0 aliphatic heterocycles. The lowest BCUT2D eigenvalue weighted by molar-refractivity contribution is -0.274. The number of fused-ring (bicyclic) bond motifs is 1. The SMILES string of the molecule is CC(C)(Sc1ccc2c(c1)C[C@H](N(CN)C(=O)Nc1ccc(OC(F)(F)F)cc1)C2)C(=O)O. The van der Waals surface area contributed by atoms with Gasteiger partial charge in [-0.1, -0.05) is 6.07 Å². The second-order valence-electron chi connectivity index (χ2n) is 8.06. The third-order valence-electron chi connectivity index (χ3n) is 5.21. The van der Waals surface area contributed by atoms with Gasteiger partial charge < -0.3 is 25.8 Å². The van der Waals surface area contributed by atoms with Gasteiger partial charge in [0.2, 0.25) is 0 Å². The van der Waals surface area contributed by atoms with Crippen molar-refractivity contribution in [1.82, 2.24) is 4.90 Å². The Balaban J connectivity index is 1.65. The number of aliphatic carboxylic acids is 1. The predicted octanol–water partition coefficient (Wildman–Crippen LogP) is 4.46. The summed E-state index contributed by atoms with van der Waals surface area (Å²) in [5, 5.41) is 12.0. The number of halogens is 3. The van der Waals surface area contributed by atoms with Gasteiger partial charge in [-0.05, 0) is 74.2 Å². The van der Waals surface area contributed by atoms with Crippen LogP contribution in [-0.4, -0.2) is 45.8 Å². The maximum atomic E-state index is 12.8. The highest BCUT2D eigenvalue weighted by molar-refractivity contribution is 8.01. The molecule has 33 heavy (non-hydrogen) atoms. The molecule has 0 saturated carbocycles. The molecule has 0 saturated heterocycles. The zero-order valence-electron chi connectivity index (χ0n) is 18.0. The van der Waals surface area contributed by atoms with E-state index in [9.17, 15) is 27.9 Å². The number of hydrogen-bond acceptors (Lipinski definition) is 5. The molecule has 3 rings (SSSR count). The molecule has 1 atom stereocenters. The lowest BCUT2D eigenvalue weighted by Crippen LogP contribution is -2.46. The van der Waals surface area contributed by atoms with Gasteiger partial charge in [-0.2, -0.15) is 0 Å². The Labute approximate surface area is 193 Å². The van der Waals surface area contributed by atoms with Crippen LogP contribution in [0.1, 0.15) is 25.0 Å². The number of nitrogens with zero attached hydrogens (tertiary/aromatic N) is 1. The molecule has 0 bridgehead atoms. The molecular weight excluding hydrogens is 459 g/mol. The smallest absolute Gasteiger partial charge is 0.480 e. The second kappa shape index (κ2) is 9.52. The Morgan fingerprint density at radius 2 is 1.79 bits per heavy atom. The number of benzene rings is 2. The Morgan fingerprint density at radius 1 is 1.15 bits per heavy atom. The summed E-state index contributed by atoms with van der Waals surface area (Å²) in [6, 6.07) is 9.91. The standard InChI is InChI=1S/C22H24F3N3O4S/c1-21(2,19(29)30)33-18-8-3-13-9-16(10-14(13)11-18)28(12-26)20(31)27-15-4-6-17(7-5-15)32-22(23,24)25/h3-8,11,16H,9-10,12,26H2,1-2H3,(H,27,31)(H,29,30)/t16-/m1/s1. The summed E-state index contributed by atoms with van der Waals surface area (Å²) < 4.78 is 39.7. The average Bonchev–Trinajstić information content (AvgIpc) is 3.11. The van der Waals surface area contributed by atoms with Crippen molar-refractivity contribution in [2.45, 2.75) is 48.7 Å². The first kappa shape index (κ1) is 24.7. The first-order chi connectivity index (χ1) is 15.4. The summed E-state index contributed by atoms with van der Waals surface area (Å²) in [5.41, 5.74) is 8.21. The van der Waals surface area contributed by atoms with Crippen LogP contribution in [0.3, 0.4) is 0 Å². The van der Waals surface area contributed by atoms with Crippen LogP contribution in [0.4, 0.5) is 23.7 Å². The van der Waals surface area contributed by atoms with Gasteiger partial charge in [0.05, 0.1) is 6.67 Å². The first-order valence-electron chi connectivity index (χ1n) is 10.1. The summed E-state index contributed by atoms with van der Waals surface area (Å²) in [6.45, 7) is 3.23. The molecule has 2 amide bonds. The number of amides is 2. The molecule has 1 aliphatic carbocycles. The number of anilines is 1. The van der Waals surface area contributed by atoms with Crippen LogP contribution in [0.5, 0.6) is 5.75 Å². The number of carboxylic acids is 1. The quantitative estimate of drug-likeness (QED) is 0.397. The zero-order valence-corrected chi connectivity index (χ0v) is 18.8. The normalized spacial score (nSPS) is 15.6. The van der Waals surface area contributed by atoms with Gasteiger partial charge in [-0.3, -0.25) is 4.79 Å². The molecule has 0 spiro atoms. The molecule has 7 nitrogen and oxygen atoms in total. The van der Waals surface area contributed by atoms with Gasteiger partial charge in [0.15, 0.2) is 0 Å². The fourth-order valence-electron chi connectivity index (χ4n) is 3.53. The van der Waals surface area contributed by atoms with E-state index in [0.717, 1.165) is 28.2 Å². The fraction of sp³-hybridized carbons (Fsp3) is 0.364. The number of rotatable bonds is 7. The molecule has 2 aromatic carbocycles. The Kier molecular flexibility index (Phi) is 7.13. The van der Waals surface area contributed by atoms with E-state index in [1.165, 1.54) is 28.8 Å². The number of nitrogens with two attached hydrogens (primary N) is 1. The lowest BCUT2D eigenvalue weighted by Gasteiger charge is -2.27. The number of carbonyl (C=O) groups is 2. The maximum Gasteiger partial charge on any atom is 0.573 e. The van der Waals surface area contributed by atoms with E-state index < -0.39 is 23.1 Å². The van der Waals surface area contributed by atoms with Crippen LogP contribution in [0.25, 0.3) is 0 Å². The van der Waals surface area contributed by atoms with E-state index in [2.05, 4.69) is 10.1 Å². The minimum Gasteiger partial charge on any atom is -0.480 e. The van der Waals surface area contributed by atoms with E-state index in [0.29, 0.717) is 18.5 Å². The second-order valence-corrected chi connectivity index (χ2v) is 9.76. The van der Waals surface area contributed by atoms with Gasteiger partial charge in [-0.25, -0.2) is 4.79 Å². The van der Waals surface area contributed by atoms with Crippen molar-refractivity contribution in [3.63, 3.8) is 0 Å². The maximum absolute atomic E-state index is 12.8. The van der Waals surface area contributed by atoms with E-state index in [4.69, 9.17) is 5.73 Å². The third kappa shape index (κ3) is 6.32. The van der Waals surface area contributed by atoms with Crippen molar-refractivity contribution < 1.29 is 32.6 Å². The van der Waals surface area contributed by atoms with Crippen LogP contribution in [0, 0.1) is 0 Å². The topological polar surface area (TPSA) is 105 Å². The molecule has 4 N–H and O–H groups in total. The number of carbonyl (C=O) groups excluding carboxylic acids is 1. The molecule has 0 aromatic heterocycles. The van der Waals surface area contributed by atoms with Crippen molar-refractivity contribution in [1.29, 1.82) is 0 Å². The summed E-state index contributed by atoms with van der Waals surface area (Å²) in [6.07, 6.45) is -3.65. The van der Waals surface area contributed by atoms with Crippen LogP contribution in [0.15, 0.2) is 47.4 Å². The summed E-state index contributed by atoms with van der Waals surface area (Å²) >= 11 is 1.25. The zero-order chi connectivity index (χ0) is 24.4. The Morgan fingerprint density at radius 3 is 2.36 bits per heavy atom. The first-order valence-corrected chi connectivity index (χ1v) is 10.9. The van der Waals surface area contributed by atoms with Gasteiger partial charge in [0, 0.05) is 16.6 Å². The molecule has 11 heteroatoms.